The van der Waals surface area contributed by atoms with Crippen molar-refractivity contribution in [2.24, 2.45) is 11.3 Å². The van der Waals surface area contributed by atoms with E-state index in [1.807, 2.05) is 6.92 Å². The van der Waals surface area contributed by atoms with Crippen molar-refractivity contribution >= 4 is 5.97 Å². The van der Waals surface area contributed by atoms with E-state index in [1.165, 1.54) is 5.57 Å². The summed E-state index contributed by atoms with van der Waals surface area (Å²) in [6, 6.07) is 0. The van der Waals surface area contributed by atoms with Crippen LogP contribution in [0.2, 0.25) is 0 Å². The van der Waals surface area contributed by atoms with Crippen molar-refractivity contribution in [3.63, 3.8) is 0 Å². The van der Waals surface area contributed by atoms with Gasteiger partial charge in [0, 0.05) is 11.0 Å². The maximum Gasteiger partial charge on any atom is 0.334 e. The second-order valence-electron chi connectivity index (χ2n) is 6.22. The summed E-state index contributed by atoms with van der Waals surface area (Å²) in [6.07, 6.45) is 2.82. The van der Waals surface area contributed by atoms with Crippen LogP contribution in [0.1, 0.15) is 39.5 Å². The van der Waals surface area contributed by atoms with Crippen molar-refractivity contribution in [3.8, 4) is 0 Å². The summed E-state index contributed by atoms with van der Waals surface area (Å²) in [7, 11) is 0. The summed E-state index contributed by atoms with van der Waals surface area (Å²) in [6.45, 7) is 8.14. The molecule has 1 aliphatic heterocycles. The van der Waals surface area contributed by atoms with E-state index in [1.54, 1.807) is 0 Å². The molecule has 0 saturated heterocycles. The second-order valence-corrected chi connectivity index (χ2v) is 6.22. The third-order valence-corrected chi connectivity index (χ3v) is 5.26. The predicted octanol–water partition coefficient (Wildman–Crippen LogP) is 2.36. The van der Waals surface area contributed by atoms with Crippen molar-refractivity contribution in [1.82, 2.24) is 0 Å². The first kappa shape index (κ1) is 12.0. The van der Waals surface area contributed by atoms with Crippen LogP contribution in [0, 0.1) is 11.3 Å². The number of hydrogen-bond acceptors (Lipinski definition) is 3. The Morgan fingerprint density at radius 3 is 2.94 bits per heavy atom. The molecule has 0 aromatic rings. The average molecular weight is 248 g/mol. The molecule has 3 aliphatic rings. The maximum atomic E-state index is 11.6. The van der Waals surface area contributed by atoms with E-state index in [-0.39, 0.29) is 29.5 Å². The Morgan fingerprint density at radius 1 is 1.50 bits per heavy atom. The smallest absolute Gasteiger partial charge is 0.334 e. The van der Waals surface area contributed by atoms with Gasteiger partial charge in [-0.2, -0.15) is 0 Å². The largest absolute Gasteiger partial charge is 0.454 e. The first-order chi connectivity index (χ1) is 8.43. The molecule has 0 unspecified atom stereocenters. The molecular formula is C15H20O3. The number of aliphatic hydroxyl groups is 1. The Balaban J connectivity index is 1.99. The number of esters is 1. The van der Waals surface area contributed by atoms with E-state index in [0.29, 0.717) is 0 Å². The number of aliphatic hydroxyl groups excluding tert-OH is 1. The lowest BCUT2D eigenvalue weighted by atomic mass is 9.56. The molecule has 2 aliphatic carbocycles. The number of hydrogen-bond donors (Lipinski definition) is 1. The summed E-state index contributed by atoms with van der Waals surface area (Å²) in [4.78, 5) is 11.6. The van der Waals surface area contributed by atoms with Crippen molar-refractivity contribution in [2.45, 2.75) is 51.7 Å². The molecule has 3 heteroatoms. The number of carbonyl (C=O) groups excluding carboxylic acids is 1. The number of ether oxygens (including phenoxy) is 1. The molecule has 3 rings (SSSR count). The Morgan fingerprint density at radius 2 is 2.22 bits per heavy atom. The van der Waals surface area contributed by atoms with Gasteiger partial charge in [-0.3, -0.25) is 0 Å². The van der Waals surface area contributed by atoms with Gasteiger partial charge in [0.2, 0.25) is 0 Å². The molecule has 1 heterocycles. The molecule has 18 heavy (non-hydrogen) atoms. The van der Waals surface area contributed by atoms with Crippen molar-refractivity contribution in [3.05, 3.63) is 23.3 Å². The third-order valence-electron chi connectivity index (χ3n) is 5.26. The number of carbonyl (C=O) groups is 1. The lowest BCUT2D eigenvalue weighted by molar-refractivity contribution is -0.144. The Kier molecular flexibility index (Phi) is 2.46. The zero-order chi connectivity index (χ0) is 13.1. The molecule has 0 aromatic heterocycles. The summed E-state index contributed by atoms with van der Waals surface area (Å²) < 4.78 is 5.42. The molecule has 98 valence electrons. The van der Waals surface area contributed by atoms with Crippen LogP contribution in [-0.4, -0.2) is 23.3 Å². The summed E-state index contributed by atoms with van der Waals surface area (Å²) in [5.74, 6) is 0.106. The van der Waals surface area contributed by atoms with Gasteiger partial charge in [-0.25, -0.2) is 4.79 Å². The van der Waals surface area contributed by atoms with Gasteiger partial charge in [0.1, 0.15) is 6.10 Å². The van der Waals surface area contributed by atoms with Crippen molar-refractivity contribution in [1.29, 1.82) is 0 Å². The van der Waals surface area contributed by atoms with Crippen LogP contribution in [0.15, 0.2) is 23.3 Å². The van der Waals surface area contributed by atoms with Crippen LogP contribution < -0.4 is 0 Å². The van der Waals surface area contributed by atoms with Crippen molar-refractivity contribution < 1.29 is 14.6 Å². The normalized spacial score (nSPS) is 43.6. The third kappa shape index (κ3) is 1.43. The highest BCUT2D eigenvalue weighted by molar-refractivity contribution is 5.91. The summed E-state index contributed by atoms with van der Waals surface area (Å²) in [5.41, 5.74) is 2.95. The van der Waals surface area contributed by atoms with E-state index < -0.39 is 0 Å². The van der Waals surface area contributed by atoms with E-state index >= 15 is 0 Å². The highest BCUT2D eigenvalue weighted by atomic mass is 16.5. The zero-order valence-electron chi connectivity index (χ0n) is 11.0. The fourth-order valence-corrected chi connectivity index (χ4v) is 3.91. The average Bonchev–Trinajstić information content (AvgIpc) is 2.58. The molecule has 2 fully saturated rings. The molecular weight excluding hydrogens is 228 g/mol. The standard InChI is InChI=1S/C15H20O3/c1-8-4-5-13(16)15(3)7-12-10(6-11(8)15)9(2)14(17)18-12/h11-13,16H,1,4-7H2,2-3H3/t11-,12+,13+,15+/m1/s1. The van der Waals surface area contributed by atoms with Crippen LogP contribution in [0.4, 0.5) is 0 Å². The van der Waals surface area contributed by atoms with Gasteiger partial charge in [-0.05, 0) is 44.1 Å². The highest BCUT2D eigenvalue weighted by Crippen LogP contribution is 2.55. The van der Waals surface area contributed by atoms with Gasteiger partial charge in [0.15, 0.2) is 0 Å². The molecule has 0 spiro atoms. The molecule has 3 nitrogen and oxygen atoms in total. The molecule has 0 bridgehead atoms. The minimum Gasteiger partial charge on any atom is -0.454 e. The van der Waals surface area contributed by atoms with E-state index in [0.717, 1.165) is 36.8 Å². The fourth-order valence-electron chi connectivity index (χ4n) is 3.91. The quantitative estimate of drug-likeness (QED) is 0.529. The van der Waals surface area contributed by atoms with Crippen LogP contribution in [-0.2, 0) is 9.53 Å². The molecule has 4 atom stereocenters. The molecule has 0 amide bonds. The van der Waals surface area contributed by atoms with Gasteiger partial charge < -0.3 is 9.84 Å². The van der Waals surface area contributed by atoms with Gasteiger partial charge >= 0.3 is 5.97 Å². The Labute approximate surface area is 108 Å². The lowest BCUT2D eigenvalue weighted by Gasteiger charge is -2.51. The summed E-state index contributed by atoms with van der Waals surface area (Å²) >= 11 is 0. The summed E-state index contributed by atoms with van der Waals surface area (Å²) in [5, 5.41) is 10.3. The molecule has 0 aromatic carbocycles. The van der Waals surface area contributed by atoms with E-state index in [4.69, 9.17) is 4.74 Å². The number of allylic oxidation sites excluding steroid dienone is 1. The first-order valence-electron chi connectivity index (χ1n) is 6.70. The minimum atomic E-state index is -0.311. The van der Waals surface area contributed by atoms with Crippen LogP contribution >= 0.6 is 0 Å². The Hall–Kier alpha value is -1.09. The highest BCUT2D eigenvalue weighted by Gasteiger charge is 2.53. The minimum absolute atomic E-state index is 0.112. The molecule has 1 N–H and O–H groups in total. The van der Waals surface area contributed by atoms with Gasteiger partial charge in [-0.1, -0.05) is 19.1 Å². The molecule has 2 saturated carbocycles. The number of rotatable bonds is 0. The van der Waals surface area contributed by atoms with Crippen LogP contribution in [0.5, 0.6) is 0 Å². The SMILES string of the molecule is C=C1CC[C@H](O)[C@@]2(C)C[C@@H]3OC(=O)C(C)=C3C[C@H]12. The predicted molar refractivity (Wildman–Crippen MR) is 67.8 cm³/mol. The van der Waals surface area contributed by atoms with E-state index in [9.17, 15) is 9.90 Å². The monoisotopic (exact) mass is 248 g/mol. The van der Waals surface area contributed by atoms with Gasteiger partial charge in [-0.15, -0.1) is 0 Å². The Bertz CT molecular complexity index is 462. The van der Waals surface area contributed by atoms with E-state index in [2.05, 4.69) is 13.5 Å². The zero-order valence-corrected chi connectivity index (χ0v) is 11.0. The van der Waals surface area contributed by atoms with Gasteiger partial charge in [0.25, 0.3) is 0 Å². The maximum absolute atomic E-state index is 11.6. The molecule has 0 radical (unpaired) electrons. The topological polar surface area (TPSA) is 46.5 Å². The second kappa shape index (κ2) is 3.70. The first-order valence-corrected chi connectivity index (χ1v) is 6.70. The van der Waals surface area contributed by atoms with Crippen LogP contribution in [0.3, 0.4) is 0 Å². The van der Waals surface area contributed by atoms with Crippen LogP contribution in [0.25, 0.3) is 0 Å². The lowest BCUT2D eigenvalue weighted by Crippen LogP contribution is -2.49. The fraction of sp³-hybridized carbons (Fsp3) is 0.667. The number of fused-ring (bicyclic) bond motifs is 2. The van der Waals surface area contributed by atoms with Gasteiger partial charge in [0.05, 0.1) is 6.10 Å². The van der Waals surface area contributed by atoms with Crippen molar-refractivity contribution in [2.75, 3.05) is 0 Å².